The zero-order valence-corrected chi connectivity index (χ0v) is 16.7. The van der Waals surface area contributed by atoms with E-state index in [1.165, 1.54) is 0 Å². The minimum Gasteiger partial charge on any atom is -0.485 e. The van der Waals surface area contributed by atoms with E-state index in [1.54, 1.807) is 36.2 Å². The van der Waals surface area contributed by atoms with Gasteiger partial charge in [0.05, 0.1) is 5.69 Å². The smallest absolute Gasteiger partial charge is 0.166 e. The summed E-state index contributed by atoms with van der Waals surface area (Å²) < 4.78 is 7.83. The number of ether oxygens (including phenoxy) is 1. The molecule has 26 heavy (non-hydrogen) atoms. The number of nitrogen functional groups attached to an aromatic ring is 1. The Morgan fingerprint density at radius 3 is 2.62 bits per heavy atom. The SMILES string of the molecule is CCn1nc(C)c(COc2cccnc2N)c1Sc1cc(Cl)cc(Cl)c1. The maximum absolute atomic E-state index is 6.13. The minimum atomic E-state index is 0.346. The Labute approximate surface area is 166 Å². The summed E-state index contributed by atoms with van der Waals surface area (Å²) in [6, 6.07) is 9.06. The number of anilines is 1. The van der Waals surface area contributed by atoms with E-state index in [0.29, 0.717) is 28.2 Å². The fourth-order valence-corrected chi connectivity index (χ4v) is 4.32. The third-order valence-corrected chi connectivity index (χ3v) is 5.28. The Morgan fingerprint density at radius 2 is 1.96 bits per heavy atom. The summed E-state index contributed by atoms with van der Waals surface area (Å²) in [6.45, 7) is 5.10. The van der Waals surface area contributed by atoms with Crippen molar-refractivity contribution in [3.05, 3.63) is 57.8 Å². The molecule has 0 aliphatic rings. The zero-order valence-electron chi connectivity index (χ0n) is 14.4. The van der Waals surface area contributed by atoms with Crippen molar-refractivity contribution < 1.29 is 4.74 Å². The van der Waals surface area contributed by atoms with Crippen LogP contribution >= 0.6 is 35.0 Å². The number of nitrogens with two attached hydrogens (primary N) is 1. The molecular weight excluding hydrogens is 391 g/mol. The van der Waals surface area contributed by atoms with Crippen LogP contribution in [-0.4, -0.2) is 14.8 Å². The molecule has 0 aliphatic heterocycles. The highest BCUT2D eigenvalue weighted by Gasteiger charge is 2.17. The van der Waals surface area contributed by atoms with Crippen LogP contribution in [0.5, 0.6) is 5.75 Å². The van der Waals surface area contributed by atoms with Gasteiger partial charge in [-0.2, -0.15) is 5.10 Å². The second-order valence-corrected chi connectivity index (χ2v) is 7.50. The molecule has 5 nitrogen and oxygen atoms in total. The number of benzene rings is 1. The summed E-state index contributed by atoms with van der Waals surface area (Å²) >= 11 is 13.8. The molecule has 2 heterocycles. The van der Waals surface area contributed by atoms with Crippen LogP contribution in [-0.2, 0) is 13.2 Å². The first kappa shape index (κ1) is 18.9. The number of pyridine rings is 1. The normalized spacial score (nSPS) is 10.9. The third-order valence-electron chi connectivity index (χ3n) is 3.72. The Balaban J connectivity index is 1.90. The lowest BCUT2D eigenvalue weighted by Crippen LogP contribution is -2.03. The average molecular weight is 409 g/mol. The van der Waals surface area contributed by atoms with E-state index in [1.807, 2.05) is 30.7 Å². The maximum Gasteiger partial charge on any atom is 0.166 e. The van der Waals surface area contributed by atoms with Gasteiger partial charge in [0, 0.05) is 33.2 Å². The zero-order chi connectivity index (χ0) is 18.7. The molecule has 0 aliphatic carbocycles. The second kappa shape index (κ2) is 8.20. The average Bonchev–Trinajstić information content (AvgIpc) is 2.88. The summed E-state index contributed by atoms with van der Waals surface area (Å²) in [4.78, 5) is 4.99. The molecule has 0 spiro atoms. The van der Waals surface area contributed by atoms with Gasteiger partial charge in [0.15, 0.2) is 11.6 Å². The van der Waals surface area contributed by atoms with Crippen LogP contribution in [0.4, 0.5) is 5.82 Å². The Hall–Kier alpha value is -1.89. The largest absolute Gasteiger partial charge is 0.485 e. The molecule has 2 N–H and O–H groups in total. The highest BCUT2D eigenvalue weighted by Crippen LogP contribution is 2.35. The molecule has 0 fully saturated rings. The fraction of sp³-hybridized carbons (Fsp3) is 0.222. The molecule has 1 aromatic carbocycles. The van der Waals surface area contributed by atoms with E-state index in [4.69, 9.17) is 33.7 Å². The summed E-state index contributed by atoms with van der Waals surface area (Å²) in [7, 11) is 0. The molecule has 2 aromatic heterocycles. The first-order valence-electron chi connectivity index (χ1n) is 8.01. The lowest BCUT2D eigenvalue weighted by atomic mass is 10.3. The van der Waals surface area contributed by atoms with Crippen LogP contribution in [0.1, 0.15) is 18.2 Å². The van der Waals surface area contributed by atoms with Gasteiger partial charge in [-0.15, -0.1) is 0 Å². The number of aryl methyl sites for hydroxylation is 2. The van der Waals surface area contributed by atoms with Crippen LogP contribution in [0.3, 0.4) is 0 Å². The Morgan fingerprint density at radius 1 is 1.23 bits per heavy atom. The van der Waals surface area contributed by atoms with E-state index in [0.717, 1.165) is 27.7 Å². The Bertz CT molecular complexity index is 909. The van der Waals surface area contributed by atoms with Crippen molar-refractivity contribution in [1.82, 2.24) is 14.8 Å². The van der Waals surface area contributed by atoms with Gasteiger partial charge in [-0.1, -0.05) is 35.0 Å². The number of hydrogen-bond donors (Lipinski definition) is 1. The number of halogens is 2. The summed E-state index contributed by atoms with van der Waals surface area (Å²) in [5.74, 6) is 0.918. The van der Waals surface area contributed by atoms with Crippen LogP contribution in [0, 0.1) is 6.92 Å². The molecule has 0 bridgehead atoms. The topological polar surface area (TPSA) is 66.0 Å². The third kappa shape index (κ3) is 4.26. The second-order valence-electron chi connectivity index (χ2n) is 5.57. The number of nitrogens with zero attached hydrogens (tertiary/aromatic N) is 3. The van der Waals surface area contributed by atoms with Crippen molar-refractivity contribution in [2.24, 2.45) is 0 Å². The van der Waals surface area contributed by atoms with Crippen LogP contribution in [0.25, 0.3) is 0 Å². The number of hydrogen-bond acceptors (Lipinski definition) is 5. The lowest BCUT2D eigenvalue weighted by molar-refractivity contribution is 0.302. The number of aromatic nitrogens is 3. The molecular formula is C18H18Cl2N4OS. The quantitative estimate of drug-likeness (QED) is 0.604. The highest BCUT2D eigenvalue weighted by atomic mass is 35.5. The van der Waals surface area contributed by atoms with Gasteiger partial charge in [-0.05, 0) is 44.2 Å². The highest BCUT2D eigenvalue weighted by molar-refractivity contribution is 7.99. The fourth-order valence-electron chi connectivity index (χ4n) is 2.47. The van der Waals surface area contributed by atoms with Gasteiger partial charge < -0.3 is 10.5 Å². The summed E-state index contributed by atoms with van der Waals surface area (Å²) in [5.41, 5.74) is 7.76. The Kier molecular flexibility index (Phi) is 5.96. The molecule has 3 aromatic rings. The van der Waals surface area contributed by atoms with E-state index in [2.05, 4.69) is 10.1 Å². The van der Waals surface area contributed by atoms with Crippen LogP contribution in [0.15, 0.2) is 46.5 Å². The van der Waals surface area contributed by atoms with Crippen molar-refractivity contribution in [2.45, 2.75) is 36.9 Å². The molecule has 0 saturated carbocycles. The predicted octanol–water partition coefficient (Wildman–Crippen LogP) is 5.23. The van der Waals surface area contributed by atoms with Gasteiger partial charge in [0.2, 0.25) is 0 Å². The molecule has 0 amide bonds. The van der Waals surface area contributed by atoms with E-state index >= 15 is 0 Å². The van der Waals surface area contributed by atoms with Crippen LogP contribution in [0.2, 0.25) is 10.0 Å². The van der Waals surface area contributed by atoms with Gasteiger partial charge in [0.25, 0.3) is 0 Å². The summed E-state index contributed by atoms with van der Waals surface area (Å²) in [6.07, 6.45) is 1.63. The summed E-state index contributed by atoms with van der Waals surface area (Å²) in [5, 5.41) is 6.79. The van der Waals surface area contributed by atoms with Crippen molar-refractivity contribution in [3.63, 3.8) is 0 Å². The van der Waals surface area contributed by atoms with E-state index < -0.39 is 0 Å². The van der Waals surface area contributed by atoms with Crippen molar-refractivity contribution in [1.29, 1.82) is 0 Å². The standard InChI is InChI=1S/C18H18Cl2N4OS/c1-3-24-18(26-14-8-12(19)7-13(20)9-14)15(11(2)23-24)10-25-16-5-4-6-22-17(16)21/h4-9H,3,10H2,1-2H3,(H2,21,22). The predicted molar refractivity (Wildman–Crippen MR) is 106 cm³/mol. The van der Waals surface area contributed by atoms with Gasteiger partial charge in [-0.3, -0.25) is 4.68 Å². The van der Waals surface area contributed by atoms with Crippen molar-refractivity contribution in [2.75, 3.05) is 5.73 Å². The first-order chi connectivity index (χ1) is 12.5. The van der Waals surface area contributed by atoms with E-state index in [9.17, 15) is 0 Å². The first-order valence-corrected chi connectivity index (χ1v) is 9.58. The minimum absolute atomic E-state index is 0.346. The van der Waals surface area contributed by atoms with Crippen LogP contribution < -0.4 is 10.5 Å². The molecule has 0 atom stereocenters. The monoisotopic (exact) mass is 408 g/mol. The molecule has 0 saturated heterocycles. The van der Waals surface area contributed by atoms with Gasteiger partial charge in [0.1, 0.15) is 11.6 Å². The lowest BCUT2D eigenvalue weighted by Gasteiger charge is -2.11. The maximum atomic E-state index is 6.13. The van der Waals surface area contributed by atoms with Gasteiger partial charge >= 0.3 is 0 Å². The molecule has 3 rings (SSSR count). The number of rotatable bonds is 6. The van der Waals surface area contributed by atoms with Crippen molar-refractivity contribution in [3.8, 4) is 5.75 Å². The van der Waals surface area contributed by atoms with Gasteiger partial charge in [-0.25, -0.2) is 4.98 Å². The molecule has 136 valence electrons. The van der Waals surface area contributed by atoms with Crippen molar-refractivity contribution >= 4 is 40.8 Å². The molecule has 0 unspecified atom stereocenters. The molecule has 8 heteroatoms. The molecule has 0 radical (unpaired) electrons. The van der Waals surface area contributed by atoms with E-state index in [-0.39, 0.29) is 0 Å².